The largest absolute Gasteiger partial charge is 0.342 e. The van der Waals surface area contributed by atoms with Gasteiger partial charge in [0, 0.05) is 32.0 Å². The summed E-state index contributed by atoms with van der Waals surface area (Å²) in [5.41, 5.74) is 5.92. The maximum absolute atomic E-state index is 12.8. The molecule has 1 saturated heterocycles. The van der Waals surface area contributed by atoms with Gasteiger partial charge in [0.25, 0.3) is 0 Å². The molecule has 1 amide bonds. The summed E-state index contributed by atoms with van der Waals surface area (Å²) in [6, 6.07) is 27.3. The van der Waals surface area contributed by atoms with Crippen molar-refractivity contribution in [2.75, 3.05) is 13.1 Å². The SMILES string of the molecule is Cc1cccc(Cn2c(C3CC(=O)N(CCc4ccccc4)C3)nc3ccccc32)c1. The predicted octanol–water partition coefficient (Wildman–Crippen LogP) is 4.95. The van der Waals surface area contributed by atoms with Crippen molar-refractivity contribution in [3.63, 3.8) is 0 Å². The number of hydrogen-bond acceptors (Lipinski definition) is 2. The van der Waals surface area contributed by atoms with E-state index in [2.05, 4.69) is 78.2 Å². The number of aromatic nitrogens is 2. The van der Waals surface area contributed by atoms with Crippen molar-refractivity contribution in [2.45, 2.75) is 32.2 Å². The lowest BCUT2D eigenvalue weighted by Gasteiger charge is -2.17. The fourth-order valence-electron chi connectivity index (χ4n) is 4.63. The molecule has 1 unspecified atom stereocenters. The van der Waals surface area contributed by atoms with E-state index in [1.54, 1.807) is 0 Å². The lowest BCUT2D eigenvalue weighted by Crippen LogP contribution is -2.27. The highest BCUT2D eigenvalue weighted by molar-refractivity contribution is 5.81. The van der Waals surface area contributed by atoms with Crippen LogP contribution in [0, 0.1) is 6.92 Å². The Kier molecular flexibility index (Phi) is 5.29. The minimum Gasteiger partial charge on any atom is -0.342 e. The van der Waals surface area contributed by atoms with Crippen LogP contribution in [0.3, 0.4) is 0 Å². The molecular formula is C27H27N3O. The molecule has 0 spiro atoms. The second kappa shape index (κ2) is 8.38. The van der Waals surface area contributed by atoms with E-state index in [0.29, 0.717) is 6.42 Å². The normalized spacial score (nSPS) is 16.4. The Morgan fingerprint density at radius 2 is 1.71 bits per heavy atom. The van der Waals surface area contributed by atoms with Crippen LogP contribution >= 0.6 is 0 Å². The van der Waals surface area contributed by atoms with Gasteiger partial charge in [-0.1, -0.05) is 72.3 Å². The molecule has 1 aromatic heterocycles. The third-order valence-electron chi connectivity index (χ3n) is 6.20. The van der Waals surface area contributed by atoms with Gasteiger partial charge in [0.05, 0.1) is 11.0 Å². The second-order valence-electron chi connectivity index (χ2n) is 8.51. The average molecular weight is 410 g/mol. The molecule has 3 aromatic carbocycles. The van der Waals surface area contributed by atoms with Crippen LogP contribution in [-0.2, 0) is 17.8 Å². The number of fused-ring (bicyclic) bond motifs is 1. The maximum Gasteiger partial charge on any atom is 0.223 e. The monoisotopic (exact) mass is 409 g/mol. The molecule has 2 heterocycles. The van der Waals surface area contributed by atoms with Gasteiger partial charge in [0.15, 0.2) is 0 Å². The topological polar surface area (TPSA) is 38.1 Å². The fourth-order valence-corrected chi connectivity index (χ4v) is 4.63. The molecule has 1 atom stereocenters. The highest BCUT2D eigenvalue weighted by Crippen LogP contribution is 2.31. The zero-order valence-electron chi connectivity index (χ0n) is 17.9. The molecule has 5 rings (SSSR count). The van der Waals surface area contributed by atoms with Gasteiger partial charge < -0.3 is 9.47 Å². The molecule has 4 nitrogen and oxygen atoms in total. The number of para-hydroxylation sites is 2. The molecule has 31 heavy (non-hydrogen) atoms. The summed E-state index contributed by atoms with van der Waals surface area (Å²) < 4.78 is 2.31. The Labute approximate surface area is 183 Å². The van der Waals surface area contributed by atoms with Crippen molar-refractivity contribution in [3.05, 3.63) is 101 Å². The molecule has 4 aromatic rings. The maximum atomic E-state index is 12.8. The Morgan fingerprint density at radius 3 is 2.55 bits per heavy atom. The summed E-state index contributed by atoms with van der Waals surface area (Å²) in [4.78, 5) is 19.8. The zero-order chi connectivity index (χ0) is 21.2. The van der Waals surface area contributed by atoms with Gasteiger partial charge in [-0.3, -0.25) is 4.79 Å². The van der Waals surface area contributed by atoms with E-state index in [9.17, 15) is 4.79 Å². The number of benzene rings is 3. The first-order chi connectivity index (χ1) is 15.2. The number of amides is 1. The fraction of sp³-hybridized carbons (Fsp3) is 0.259. The van der Waals surface area contributed by atoms with Crippen molar-refractivity contribution >= 4 is 16.9 Å². The summed E-state index contributed by atoms with van der Waals surface area (Å²) in [7, 11) is 0. The molecule has 0 bridgehead atoms. The Bertz CT molecular complexity index is 1210. The molecule has 0 aliphatic carbocycles. The Balaban J connectivity index is 1.41. The van der Waals surface area contributed by atoms with Crippen LogP contribution in [0.5, 0.6) is 0 Å². The first-order valence-electron chi connectivity index (χ1n) is 11.0. The summed E-state index contributed by atoms with van der Waals surface area (Å²) in [5, 5.41) is 0. The number of carbonyl (C=O) groups excluding carboxylic acids is 1. The van der Waals surface area contributed by atoms with Gasteiger partial charge >= 0.3 is 0 Å². The molecular weight excluding hydrogens is 382 g/mol. The standard InChI is InChI=1S/C27H27N3O/c1-20-8-7-11-22(16-20)18-30-25-13-6-5-12-24(25)28-27(30)23-17-26(31)29(19-23)15-14-21-9-3-2-4-10-21/h2-13,16,23H,14-15,17-19H2,1H3. The minimum atomic E-state index is 0.125. The summed E-state index contributed by atoms with van der Waals surface area (Å²) in [6.45, 7) is 4.39. The number of rotatable bonds is 6. The number of imidazole rings is 1. The van der Waals surface area contributed by atoms with Crippen molar-refractivity contribution in [2.24, 2.45) is 0 Å². The lowest BCUT2D eigenvalue weighted by atomic mass is 10.1. The number of likely N-dealkylation sites (tertiary alicyclic amines) is 1. The van der Waals surface area contributed by atoms with Gasteiger partial charge in [-0.15, -0.1) is 0 Å². The quantitative estimate of drug-likeness (QED) is 0.452. The molecule has 0 saturated carbocycles. The number of hydrogen-bond donors (Lipinski definition) is 0. The van der Waals surface area contributed by atoms with Crippen molar-refractivity contribution in [1.82, 2.24) is 14.5 Å². The van der Waals surface area contributed by atoms with Gasteiger partial charge in [0.1, 0.15) is 5.82 Å². The number of nitrogens with zero attached hydrogens (tertiary/aromatic N) is 3. The van der Waals surface area contributed by atoms with Gasteiger partial charge in [-0.2, -0.15) is 0 Å². The van der Waals surface area contributed by atoms with Crippen LogP contribution in [0.25, 0.3) is 11.0 Å². The smallest absolute Gasteiger partial charge is 0.223 e. The van der Waals surface area contributed by atoms with Gasteiger partial charge in [-0.05, 0) is 36.6 Å². The van der Waals surface area contributed by atoms with Crippen molar-refractivity contribution < 1.29 is 4.79 Å². The number of carbonyl (C=O) groups is 1. The third kappa shape index (κ3) is 4.11. The molecule has 4 heteroatoms. The van der Waals surface area contributed by atoms with E-state index >= 15 is 0 Å². The van der Waals surface area contributed by atoms with Crippen LogP contribution in [0.15, 0.2) is 78.9 Å². The molecule has 1 aliphatic rings. The molecule has 1 aliphatic heterocycles. The van der Waals surface area contributed by atoms with Crippen molar-refractivity contribution in [1.29, 1.82) is 0 Å². The first-order valence-corrected chi connectivity index (χ1v) is 11.0. The summed E-state index contributed by atoms with van der Waals surface area (Å²) in [6.07, 6.45) is 1.42. The van der Waals surface area contributed by atoms with Crippen molar-refractivity contribution in [3.8, 4) is 0 Å². The molecule has 1 fully saturated rings. The van der Waals surface area contributed by atoms with Crippen LogP contribution in [0.4, 0.5) is 0 Å². The molecule has 0 radical (unpaired) electrons. The van der Waals surface area contributed by atoms with Crippen LogP contribution in [-0.4, -0.2) is 33.4 Å². The van der Waals surface area contributed by atoms with E-state index < -0.39 is 0 Å². The van der Waals surface area contributed by atoms with Gasteiger partial charge in [-0.25, -0.2) is 4.98 Å². The summed E-state index contributed by atoms with van der Waals surface area (Å²) in [5.74, 6) is 1.38. The van der Waals surface area contributed by atoms with E-state index in [1.165, 1.54) is 16.7 Å². The molecule has 156 valence electrons. The van der Waals surface area contributed by atoms with E-state index in [1.807, 2.05) is 17.0 Å². The van der Waals surface area contributed by atoms with E-state index in [0.717, 1.165) is 42.9 Å². The highest BCUT2D eigenvalue weighted by atomic mass is 16.2. The van der Waals surface area contributed by atoms with Crippen LogP contribution in [0.1, 0.15) is 34.9 Å². The Morgan fingerprint density at radius 1 is 0.935 bits per heavy atom. The summed E-state index contributed by atoms with van der Waals surface area (Å²) >= 11 is 0. The second-order valence-corrected chi connectivity index (χ2v) is 8.51. The van der Waals surface area contributed by atoms with E-state index in [4.69, 9.17) is 4.98 Å². The lowest BCUT2D eigenvalue weighted by molar-refractivity contribution is -0.127. The Hall–Kier alpha value is -3.40. The zero-order valence-corrected chi connectivity index (χ0v) is 17.9. The molecule has 0 N–H and O–H groups in total. The number of aryl methyl sites for hydroxylation is 1. The van der Waals surface area contributed by atoms with E-state index in [-0.39, 0.29) is 11.8 Å². The third-order valence-corrected chi connectivity index (χ3v) is 6.20. The highest BCUT2D eigenvalue weighted by Gasteiger charge is 2.33. The van der Waals surface area contributed by atoms with Crippen LogP contribution < -0.4 is 0 Å². The predicted molar refractivity (Wildman–Crippen MR) is 124 cm³/mol. The van der Waals surface area contributed by atoms with Gasteiger partial charge in [0.2, 0.25) is 5.91 Å². The minimum absolute atomic E-state index is 0.125. The average Bonchev–Trinajstić information content (AvgIpc) is 3.33. The van der Waals surface area contributed by atoms with Crippen LogP contribution in [0.2, 0.25) is 0 Å². The first kappa shape index (κ1) is 19.6.